The molecule has 0 aromatic carbocycles. The van der Waals surface area contributed by atoms with E-state index in [1.165, 1.54) is 0 Å². The van der Waals surface area contributed by atoms with Gasteiger partial charge in [0.15, 0.2) is 0 Å². The predicted octanol–water partition coefficient (Wildman–Crippen LogP) is 2.23. The minimum atomic E-state index is -0.348. The first-order valence-corrected chi connectivity index (χ1v) is 11.2. The number of carbonyl (C=O) groups excluding carboxylic acids is 2. The predicted molar refractivity (Wildman–Crippen MR) is 107 cm³/mol. The zero-order valence-electron chi connectivity index (χ0n) is 17.6. The summed E-state index contributed by atoms with van der Waals surface area (Å²) in [5.74, 6) is 0.805. The van der Waals surface area contributed by atoms with Gasteiger partial charge in [0.1, 0.15) is 0 Å². The van der Waals surface area contributed by atoms with Gasteiger partial charge in [-0.2, -0.15) is 0 Å². The fourth-order valence-corrected chi connectivity index (χ4v) is 5.65. The van der Waals surface area contributed by atoms with Crippen LogP contribution in [0.25, 0.3) is 0 Å². The van der Waals surface area contributed by atoms with Crippen LogP contribution < -0.4 is 0 Å². The van der Waals surface area contributed by atoms with Crippen molar-refractivity contribution in [2.75, 3.05) is 26.2 Å². The Bertz CT molecular complexity index is 805. The molecule has 3 aliphatic heterocycles. The number of fused-ring (bicyclic) bond motifs is 2. The van der Waals surface area contributed by atoms with E-state index in [-0.39, 0.29) is 28.9 Å². The van der Waals surface area contributed by atoms with Crippen molar-refractivity contribution in [2.24, 2.45) is 11.8 Å². The number of rotatable bonds is 2. The number of carbonyl (C=O) groups is 2. The fraction of sp³-hybridized carbons (Fsp3) is 0.773. The Morgan fingerprint density at radius 3 is 2.55 bits per heavy atom. The molecule has 4 aliphatic rings. The molecule has 1 atom stereocenters. The van der Waals surface area contributed by atoms with Crippen LogP contribution in [0.3, 0.4) is 0 Å². The van der Waals surface area contributed by atoms with Crippen molar-refractivity contribution in [1.82, 2.24) is 19.8 Å². The number of hydrogen-bond donors (Lipinski definition) is 1. The summed E-state index contributed by atoms with van der Waals surface area (Å²) >= 11 is 0. The highest BCUT2D eigenvalue weighted by Crippen LogP contribution is 2.45. The number of H-pyrrole nitrogens is 1. The van der Waals surface area contributed by atoms with Gasteiger partial charge in [-0.1, -0.05) is 0 Å². The topological polar surface area (TPSA) is 78.5 Å². The maximum atomic E-state index is 13.2. The van der Waals surface area contributed by atoms with E-state index in [0.29, 0.717) is 25.6 Å². The minimum absolute atomic E-state index is 0.0456. The molecule has 1 spiro atoms. The second-order valence-electron chi connectivity index (χ2n) is 9.90. The average molecular weight is 401 g/mol. The monoisotopic (exact) mass is 400 g/mol. The van der Waals surface area contributed by atoms with Gasteiger partial charge in [0.25, 0.3) is 0 Å². The maximum Gasteiger partial charge on any atom is 0.226 e. The molecule has 1 aromatic heterocycles. The van der Waals surface area contributed by atoms with Crippen LogP contribution in [0, 0.1) is 11.8 Å². The van der Waals surface area contributed by atoms with E-state index < -0.39 is 0 Å². The quantitative estimate of drug-likeness (QED) is 0.826. The summed E-state index contributed by atoms with van der Waals surface area (Å²) < 4.78 is 5.80. The first-order valence-electron chi connectivity index (χ1n) is 11.2. The lowest BCUT2D eigenvalue weighted by Gasteiger charge is -2.51. The second kappa shape index (κ2) is 6.83. The van der Waals surface area contributed by atoms with Gasteiger partial charge in [0.05, 0.1) is 23.2 Å². The molecule has 29 heavy (non-hydrogen) atoms. The summed E-state index contributed by atoms with van der Waals surface area (Å²) in [5.41, 5.74) is 1.63. The van der Waals surface area contributed by atoms with Crippen LogP contribution in [0.4, 0.5) is 0 Å². The summed E-state index contributed by atoms with van der Waals surface area (Å²) in [6.45, 7) is 6.93. The Morgan fingerprint density at radius 1 is 1.10 bits per heavy atom. The molecular weight excluding hydrogens is 368 g/mol. The number of hydrogen-bond acceptors (Lipinski definition) is 4. The number of nitrogens with one attached hydrogen (secondary N) is 1. The van der Waals surface area contributed by atoms with Crippen LogP contribution in [0.2, 0.25) is 0 Å². The van der Waals surface area contributed by atoms with E-state index in [1.54, 1.807) is 6.33 Å². The van der Waals surface area contributed by atoms with E-state index in [4.69, 9.17) is 4.74 Å². The highest BCUT2D eigenvalue weighted by atomic mass is 16.5. The van der Waals surface area contributed by atoms with Crippen molar-refractivity contribution in [3.05, 3.63) is 17.7 Å². The molecule has 7 heteroatoms. The number of nitrogens with zero attached hydrogens (tertiary/aromatic N) is 3. The van der Waals surface area contributed by atoms with Gasteiger partial charge in [-0.3, -0.25) is 9.59 Å². The van der Waals surface area contributed by atoms with Crippen molar-refractivity contribution >= 4 is 11.8 Å². The number of aromatic nitrogens is 2. The molecule has 0 bridgehead atoms. The lowest BCUT2D eigenvalue weighted by atomic mass is 9.78. The van der Waals surface area contributed by atoms with Crippen LogP contribution in [0.15, 0.2) is 6.33 Å². The van der Waals surface area contributed by atoms with Gasteiger partial charge >= 0.3 is 0 Å². The summed E-state index contributed by atoms with van der Waals surface area (Å²) in [5, 5.41) is 0. The molecule has 0 radical (unpaired) electrons. The Kier molecular flexibility index (Phi) is 4.49. The molecule has 4 heterocycles. The van der Waals surface area contributed by atoms with Crippen LogP contribution in [0.5, 0.6) is 0 Å². The van der Waals surface area contributed by atoms with Gasteiger partial charge < -0.3 is 19.5 Å². The zero-order valence-corrected chi connectivity index (χ0v) is 17.6. The van der Waals surface area contributed by atoms with E-state index in [0.717, 1.165) is 62.9 Å². The minimum Gasteiger partial charge on any atom is -0.376 e. The first-order chi connectivity index (χ1) is 13.9. The average Bonchev–Trinajstić information content (AvgIpc) is 3.44. The molecule has 1 aliphatic carbocycles. The van der Waals surface area contributed by atoms with E-state index in [2.05, 4.69) is 28.7 Å². The largest absolute Gasteiger partial charge is 0.376 e. The Hall–Kier alpha value is -1.89. The van der Waals surface area contributed by atoms with Crippen LogP contribution in [-0.4, -0.2) is 63.4 Å². The number of ether oxygens (including phenoxy) is 1. The third-order valence-corrected chi connectivity index (χ3v) is 7.40. The smallest absolute Gasteiger partial charge is 0.226 e. The lowest BCUT2D eigenvalue weighted by Crippen LogP contribution is -2.59. The number of amides is 2. The highest BCUT2D eigenvalue weighted by molar-refractivity contribution is 5.82. The van der Waals surface area contributed by atoms with Crippen LogP contribution in [-0.2, 0) is 26.3 Å². The molecule has 5 rings (SSSR count). The maximum absolute atomic E-state index is 13.2. The molecular formula is C22H32N4O3. The van der Waals surface area contributed by atoms with Crippen molar-refractivity contribution in [2.45, 2.75) is 69.9 Å². The van der Waals surface area contributed by atoms with E-state index in [1.807, 2.05) is 4.90 Å². The van der Waals surface area contributed by atoms with E-state index >= 15 is 0 Å². The molecule has 2 saturated heterocycles. The molecule has 1 aromatic rings. The molecule has 2 amide bonds. The zero-order chi connectivity index (χ0) is 20.2. The van der Waals surface area contributed by atoms with Gasteiger partial charge in [-0.05, 0) is 52.4 Å². The summed E-state index contributed by atoms with van der Waals surface area (Å²) in [6.07, 6.45) is 7.78. The van der Waals surface area contributed by atoms with Gasteiger partial charge in [-0.15, -0.1) is 0 Å². The Balaban J connectivity index is 1.34. The third kappa shape index (κ3) is 3.27. The van der Waals surface area contributed by atoms with Crippen molar-refractivity contribution < 1.29 is 14.3 Å². The molecule has 1 saturated carbocycles. The number of aromatic amines is 1. The van der Waals surface area contributed by atoms with Gasteiger partial charge in [0, 0.05) is 50.2 Å². The van der Waals surface area contributed by atoms with E-state index in [9.17, 15) is 9.59 Å². The summed E-state index contributed by atoms with van der Waals surface area (Å²) in [4.78, 5) is 38.4. The Morgan fingerprint density at radius 2 is 1.86 bits per heavy atom. The lowest BCUT2D eigenvalue weighted by molar-refractivity contribution is -0.151. The van der Waals surface area contributed by atoms with Gasteiger partial charge in [0.2, 0.25) is 11.8 Å². The SMILES string of the molecule is CC1(C)C[C@H](C(=O)N2CCC3(CC2)c2nc[nH]c2CCN3C(=O)C2CC2)CCO1. The third-order valence-electron chi connectivity index (χ3n) is 7.40. The van der Waals surface area contributed by atoms with Crippen molar-refractivity contribution in [3.63, 3.8) is 0 Å². The van der Waals surface area contributed by atoms with Crippen molar-refractivity contribution in [1.29, 1.82) is 0 Å². The van der Waals surface area contributed by atoms with Gasteiger partial charge in [-0.25, -0.2) is 4.98 Å². The second-order valence-corrected chi connectivity index (χ2v) is 9.90. The molecule has 0 unspecified atom stereocenters. The first kappa shape index (κ1) is 19.1. The molecule has 3 fully saturated rings. The van der Waals surface area contributed by atoms with Crippen LogP contribution in [0.1, 0.15) is 63.8 Å². The normalized spacial score (nSPS) is 28.3. The molecule has 158 valence electrons. The van der Waals surface area contributed by atoms with Crippen LogP contribution >= 0.6 is 0 Å². The number of imidazole rings is 1. The fourth-order valence-electron chi connectivity index (χ4n) is 5.65. The summed E-state index contributed by atoms with van der Waals surface area (Å²) in [6, 6.07) is 0. The Labute approximate surface area is 172 Å². The number of piperidine rings is 1. The molecule has 7 nitrogen and oxygen atoms in total. The standard InChI is InChI=1S/C22H32N4O3/c1-21(2)13-16(6-12-29-21)19(27)25-10-7-22(8-11-25)18-17(23-14-24-18)5-9-26(22)20(28)15-3-4-15/h14-16H,3-13H2,1-2H3,(H,23,24)/t16-/m1/s1. The highest BCUT2D eigenvalue weighted by Gasteiger charge is 2.51. The molecule has 1 N–H and O–H groups in total. The van der Waals surface area contributed by atoms with Crippen molar-refractivity contribution in [3.8, 4) is 0 Å². The summed E-state index contributed by atoms with van der Waals surface area (Å²) in [7, 11) is 0. The number of likely N-dealkylation sites (tertiary alicyclic amines) is 1.